The van der Waals surface area contributed by atoms with Crippen molar-refractivity contribution in [2.24, 2.45) is 5.73 Å². The lowest BCUT2D eigenvalue weighted by Crippen LogP contribution is -2.49. The van der Waals surface area contributed by atoms with Crippen LogP contribution in [-0.4, -0.2) is 18.0 Å². The molecule has 0 unspecified atom stereocenters. The molecule has 3 N–H and O–H groups in total. The van der Waals surface area contributed by atoms with Crippen molar-refractivity contribution in [2.45, 2.75) is 32.2 Å². The first-order chi connectivity index (χ1) is 8.41. The summed E-state index contributed by atoms with van der Waals surface area (Å²) in [7, 11) is 0. The molecule has 0 atom stereocenters. The van der Waals surface area contributed by atoms with E-state index in [1.54, 1.807) is 6.07 Å². The molecule has 0 aliphatic rings. The predicted molar refractivity (Wildman–Crippen MR) is 81.7 cm³/mol. The Kier molecular flexibility index (Phi) is 5.82. The minimum atomic E-state index is -0.322. The molecule has 0 aliphatic carbocycles. The molecule has 1 amide bonds. The third kappa shape index (κ3) is 4.07. The zero-order valence-corrected chi connectivity index (χ0v) is 13.8. The second kappa shape index (κ2) is 6.68. The van der Waals surface area contributed by atoms with Crippen LogP contribution in [0.5, 0.6) is 0 Å². The van der Waals surface area contributed by atoms with E-state index in [0.717, 1.165) is 21.8 Å². The summed E-state index contributed by atoms with van der Waals surface area (Å²) in [5.41, 5.74) is 6.45. The summed E-state index contributed by atoms with van der Waals surface area (Å²) in [4.78, 5) is 12.0. The summed E-state index contributed by atoms with van der Waals surface area (Å²) >= 11 is 6.74. The van der Waals surface area contributed by atoms with Crippen LogP contribution in [0.4, 0.5) is 0 Å². The third-order valence-corrected chi connectivity index (χ3v) is 4.33. The monoisotopic (exact) mass is 376 g/mol. The van der Waals surface area contributed by atoms with E-state index in [-0.39, 0.29) is 11.4 Å². The minimum absolute atomic E-state index is 0.105. The second-order valence-corrected chi connectivity index (χ2v) is 6.15. The predicted octanol–water partition coefficient (Wildman–Crippen LogP) is 3.46. The normalized spacial score (nSPS) is 11.4. The molecule has 0 fully saturated rings. The summed E-state index contributed by atoms with van der Waals surface area (Å²) in [6.07, 6.45) is 1.68. The van der Waals surface area contributed by atoms with E-state index in [1.165, 1.54) is 0 Å². The molecule has 0 radical (unpaired) electrons. The van der Waals surface area contributed by atoms with E-state index in [1.807, 2.05) is 26.0 Å². The fourth-order valence-electron chi connectivity index (χ4n) is 1.53. The highest BCUT2D eigenvalue weighted by molar-refractivity contribution is 9.11. The molecule has 0 aliphatic heterocycles. The highest BCUT2D eigenvalue weighted by atomic mass is 79.9. The number of halogens is 2. The maximum absolute atomic E-state index is 12.0. The van der Waals surface area contributed by atoms with Crippen molar-refractivity contribution in [2.75, 3.05) is 6.54 Å². The number of benzene rings is 1. The smallest absolute Gasteiger partial charge is 0.252 e. The molecule has 0 heterocycles. The van der Waals surface area contributed by atoms with Crippen LogP contribution < -0.4 is 11.1 Å². The number of carbonyl (C=O) groups excluding carboxylic acids is 1. The molecule has 1 aromatic carbocycles. The molecule has 0 saturated carbocycles. The van der Waals surface area contributed by atoms with Crippen molar-refractivity contribution in [1.29, 1.82) is 0 Å². The van der Waals surface area contributed by atoms with Crippen molar-refractivity contribution in [3.05, 3.63) is 32.7 Å². The maximum Gasteiger partial charge on any atom is 0.252 e. The van der Waals surface area contributed by atoms with E-state index in [9.17, 15) is 4.79 Å². The topological polar surface area (TPSA) is 55.1 Å². The van der Waals surface area contributed by atoms with Gasteiger partial charge in [-0.1, -0.05) is 29.8 Å². The van der Waals surface area contributed by atoms with Gasteiger partial charge in [0.25, 0.3) is 5.91 Å². The number of rotatable bonds is 5. The van der Waals surface area contributed by atoms with Gasteiger partial charge < -0.3 is 11.1 Å². The van der Waals surface area contributed by atoms with Crippen LogP contribution in [0.1, 0.15) is 37.0 Å². The standard InChI is InChI=1S/C13H18Br2N2O/c1-3-13(16,4-2)8-17-12(18)10-6-5-9(14)7-11(10)15/h5-7H,3-4,8,16H2,1-2H3,(H,17,18). The van der Waals surface area contributed by atoms with Crippen molar-refractivity contribution in [1.82, 2.24) is 5.32 Å². The number of amides is 1. The maximum atomic E-state index is 12.0. The molecule has 0 saturated heterocycles. The van der Waals surface area contributed by atoms with Gasteiger partial charge in [0.05, 0.1) is 5.56 Å². The Morgan fingerprint density at radius 2 is 1.94 bits per heavy atom. The molecule has 1 aromatic rings. The summed E-state index contributed by atoms with van der Waals surface area (Å²) in [6, 6.07) is 5.47. The van der Waals surface area contributed by atoms with Gasteiger partial charge >= 0.3 is 0 Å². The van der Waals surface area contributed by atoms with Gasteiger partial charge in [-0.25, -0.2) is 0 Å². The molecule has 0 aromatic heterocycles. The Labute approximate surface area is 125 Å². The molecule has 0 bridgehead atoms. The highest BCUT2D eigenvalue weighted by Gasteiger charge is 2.21. The van der Waals surface area contributed by atoms with Crippen LogP contribution in [0.25, 0.3) is 0 Å². The Morgan fingerprint density at radius 3 is 2.44 bits per heavy atom. The van der Waals surface area contributed by atoms with Gasteiger partial charge in [0.15, 0.2) is 0 Å². The second-order valence-electron chi connectivity index (χ2n) is 4.38. The fraction of sp³-hybridized carbons (Fsp3) is 0.462. The van der Waals surface area contributed by atoms with Gasteiger partial charge in [-0.2, -0.15) is 0 Å². The SMILES string of the molecule is CCC(N)(CC)CNC(=O)c1ccc(Br)cc1Br. The van der Waals surface area contributed by atoms with Gasteiger partial charge in [0.1, 0.15) is 0 Å². The third-order valence-electron chi connectivity index (χ3n) is 3.19. The minimum Gasteiger partial charge on any atom is -0.350 e. The van der Waals surface area contributed by atoms with Crippen molar-refractivity contribution in [3.63, 3.8) is 0 Å². The first-order valence-corrected chi connectivity index (χ1v) is 7.52. The lowest BCUT2D eigenvalue weighted by molar-refractivity contribution is 0.0941. The van der Waals surface area contributed by atoms with Gasteiger partial charge in [0, 0.05) is 21.0 Å². The van der Waals surface area contributed by atoms with Gasteiger partial charge in [-0.05, 0) is 47.0 Å². The van der Waals surface area contributed by atoms with Gasteiger partial charge in [0.2, 0.25) is 0 Å². The van der Waals surface area contributed by atoms with E-state index in [2.05, 4.69) is 37.2 Å². The Balaban J connectivity index is 2.71. The Morgan fingerprint density at radius 1 is 1.33 bits per heavy atom. The lowest BCUT2D eigenvalue weighted by atomic mass is 9.94. The van der Waals surface area contributed by atoms with Crippen LogP contribution in [0.3, 0.4) is 0 Å². The quantitative estimate of drug-likeness (QED) is 0.825. The van der Waals surface area contributed by atoms with E-state index < -0.39 is 0 Å². The van der Waals surface area contributed by atoms with Crippen LogP contribution in [0.15, 0.2) is 27.1 Å². The van der Waals surface area contributed by atoms with Crippen molar-refractivity contribution < 1.29 is 4.79 Å². The number of nitrogens with two attached hydrogens (primary N) is 1. The van der Waals surface area contributed by atoms with Gasteiger partial charge in [-0.15, -0.1) is 0 Å². The lowest BCUT2D eigenvalue weighted by Gasteiger charge is -2.26. The molecule has 5 heteroatoms. The molecular weight excluding hydrogens is 360 g/mol. The summed E-state index contributed by atoms with van der Waals surface area (Å²) in [5, 5.41) is 2.89. The summed E-state index contributed by atoms with van der Waals surface area (Å²) in [5.74, 6) is -0.105. The molecule has 0 spiro atoms. The zero-order valence-electron chi connectivity index (χ0n) is 10.6. The van der Waals surface area contributed by atoms with Crippen LogP contribution in [0.2, 0.25) is 0 Å². The molecule has 1 rings (SSSR count). The largest absolute Gasteiger partial charge is 0.350 e. The van der Waals surface area contributed by atoms with Crippen molar-refractivity contribution in [3.8, 4) is 0 Å². The average molecular weight is 378 g/mol. The first kappa shape index (κ1) is 15.7. The summed E-state index contributed by atoms with van der Waals surface area (Å²) < 4.78 is 1.70. The van der Waals surface area contributed by atoms with Crippen LogP contribution in [0, 0.1) is 0 Å². The Hall–Kier alpha value is -0.390. The molecular formula is C13H18Br2N2O. The molecule has 100 valence electrons. The number of carbonyl (C=O) groups is 1. The van der Waals surface area contributed by atoms with Crippen molar-refractivity contribution >= 4 is 37.8 Å². The van der Waals surface area contributed by atoms with Gasteiger partial charge in [-0.3, -0.25) is 4.79 Å². The number of nitrogens with one attached hydrogen (secondary N) is 1. The summed E-state index contributed by atoms with van der Waals surface area (Å²) in [6.45, 7) is 4.55. The zero-order chi connectivity index (χ0) is 13.8. The molecule has 3 nitrogen and oxygen atoms in total. The van der Waals surface area contributed by atoms with E-state index in [4.69, 9.17) is 5.73 Å². The fourth-order valence-corrected chi connectivity index (χ4v) is 2.75. The Bertz CT molecular complexity index is 431. The highest BCUT2D eigenvalue weighted by Crippen LogP contribution is 2.22. The molecule has 18 heavy (non-hydrogen) atoms. The van der Waals surface area contributed by atoms with E-state index >= 15 is 0 Å². The van der Waals surface area contributed by atoms with Crippen LogP contribution in [-0.2, 0) is 0 Å². The number of hydrogen-bond donors (Lipinski definition) is 2. The number of hydrogen-bond acceptors (Lipinski definition) is 2. The van der Waals surface area contributed by atoms with Crippen LogP contribution >= 0.6 is 31.9 Å². The average Bonchev–Trinajstić information content (AvgIpc) is 2.35. The first-order valence-electron chi connectivity index (χ1n) is 5.94. The van der Waals surface area contributed by atoms with E-state index in [0.29, 0.717) is 12.1 Å².